The van der Waals surface area contributed by atoms with Crippen LogP contribution in [0, 0.1) is 0 Å². The fraction of sp³-hybridized carbons (Fsp3) is 1.00. The van der Waals surface area contributed by atoms with E-state index in [1.165, 1.54) is 0 Å². The van der Waals surface area contributed by atoms with E-state index in [-0.39, 0.29) is 0 Å². The van der Waals surface area contributed by atoms with Crippen LogP contribution in [0.1, 0.15) is 48.0 Å². The molecule has 1 rings (SSSR count). The van der Waals surface area contributed by atoms with Gasteiger partial charge in [0.05, 0.1) is 6.10 Å². The van der Waals surface area contributed by atoms with E-state index in [0.717, 1.165) is 32.7 Å². The van der Waals surface area contributed by atoms with Gasteiger partial charge in [0.2, 0.25) is 0 Å². The van der Waals surface area contributed by atoms with Crippen molar-refractivity contribution in [2.24, 2.45) is 0 Å². The molecule has 2 unspecified atom stereocenters. The van der Waals surface area contributed by atoms with Gasteiger partial charge in [0.1, 0.15) is 0 Å². The van der Waals surface area contributed by atoms with Gasteiger partial charge in [0.15, 0.2) is 0 Å². The van der Waals surface area contributed by atoms with Crippen LogP contribution in [-0.4, -0.2) is 49.3 Å². The van der Waals surface area contributed by atoms with Crippen LogP contribution in [0.15, 0.2) is 0 Å². The monoisotopic (exact) mass is 244 g/mol. The third-order valence-electron chi connectivity index (χ3n) is 3.18. The third-order valence-corrected chi connectivity index (χ3v) is 3.18. The molecule has 17 heavy (non-hydrogen) atoms. The minimum absolute atomic E-state index is 0.342. The lowest BCUT2D eigenvalue weighted by molar-refractivity contribution is 0.0202. The zero-order chi connectivity index (χ0) is 13.3. The van der Waals surface area contributed by atoms with Crippen LogP contribution in [0.4, 0.5) is 0 Å². The first kappa shape index (κ1) is 16.9. The first-order valence-electron chi connectivity index (χ1n) is 7.24. The van der Waals surface area contributed by atoms with Crippen molar-refractivity contribution < 1.29 is 4.74 Å². The maximum Gasteiger partial charge on any atom is 0.0714 e. The lowest BCUT2D eigenvalue weighted by Gasteiger charge is -2.36. The van der Waals surface area contributed by atoms with E-state index < -0.39 is 0 Å². The molecule has 1 aliphatic rings. The van der Waals surface area contributed by atoms with E-state index in [9.17, 15) is 0 Å². The zero-order valence-corrected chi connectivity index (χ0v) is 12.6. The minimum Gasteiger partial charge on any atom is -0.377 e. The van der Waals surface area contributed by atoms with Gasteiger partial charge in [-0.2, -0.15) is 0 Å². The van der Waals surface area contributed by atoms with Gasteiger partial charge in [0.25, 0.3) is 0 Å². The van der Waals surface area contributed by atoms with Crippen LogP contribution < -0.4 is 5.32 Å². The highest BCUT2D eigenvalue weighted by Crippen LogP contribution is 2.16. The fourth-order valence-corrected chi connectivity index (χ4v) is 2.28. The number of ether oxygens (including phenoxy) is 1. The van der Waals surface area contributed by atoms with Gasteiger partial charge in [-0.15, -0.1) is 0 Å². The van der Waals surface area contributed by atoms with Crippen LogP contribution >= 0.6 is 0 Å². The molecule has 0 spiro atoms. The van der Waals surface area contributed by atoms with Crippen molar-refractivity contribution in [3.63, 3.8) is 0 Å². The molecule has 0 amide bonds. The lowest BCUT2D eigenvalue weighted by atomic mass is 10.1. The van der Waals surface area contributed by atoms with Crippen LogP contribution in [-0.2, 0) is 4.74 Å². The molecule has 1 fully saturated rings. The van der Waals surface area contributed by atoms with E-state index in [1.54, 1.807) is 0 Å². The topological polar surface area (TPSA) is 24.5 Å². The summed E-state index contributed by atoms with van der Waals surface area (Å²) in [6, 6.07) is 1.13. The summed E-state index contributed by atoms with van der Waals surface area (Å²) >= 11 is 0. The highest BCUT2D eigenvalue weighted by Gasteiger charge is 2.28. The first-order valence-corrected chi connectivity index (χ1v) is 7.24. The molecule has 0 radical (unpaired) electrons. The smallest absolute Gasteiger partial charge is 0.0714 e. The van der Waals surface area contributed by atoms with Crippen molar-refractivity contribution in [3.05, 3.63) is 0 Å². The normalized spacial score (nSPS) is 26.3. The SMILES string of the molecule is CC.CCNCC1C(C)OCCCN1C(C)C. The molecule has 0 aliphatic carbocycles. The average Bonchev–Trinajstić information content (AvgIpc) is 2.51. The molecule has 0 bridgehead atoms. The van der Waals surface area contributed by atoms with Gasteiger partial charge < -0.3 is 10.1 Å². The summed E-state index contributed by atoms with van der Waals surface area (Å²) < 4.78 is 5.81. The predicted molar refractivity (Wildman–Crippen MR) is 75.6 cm³/mol. The largest absolute Gasteiger partial charge is 0.377 e. The standard InChI is InChI=1S/C12H26N2O.C2H6/c1-5-13-9-12-11(4)15-8-6-7-14(12)10(2)3;1-2/h10-13H,5-9H2,1-4H3;1-2H3. The van der Waals surface area contributed by atoms with Crippen LogP contribution in [0.25, 0.3) is 0 Å². The summed E-state index contributed by atoms with van der Waals surface area (Å²) in [5.41, 5.74) is 0. The molecule has 0 saturated carbocycles. The predicted octanol–water partition coefficient (Wildman–Crippen LogP) is 2.51. The average molecular weight is 244 g/mol. The molecule has 1 aliphatic heterocycles. The number of nitrogens with one attached hydrogen (secondary N) is 1. The van der Waals surface area contributed by atoms with Crippen LogP contribution in [0.5, 0.6) is 0 Å². The Morgan fingerprint density at radius 3 is 2.53 bits per heavy atom. The van der Waals surface area contributed by atoms with Crippen LogP contribution in [0.2, 0.25) is 0 Å². The zero-order valence-electron chi connectivity index (χ0n) is 12.6. The van der Waals surface area contributed by atoms with Crippen LogP contribution in [0.3, 0.4) is 0 Å². The quantitative estimate of drug-likeness (QED) is 0.822. The Morgan fingerprint density at radius 1 is 1.35 bits per heavy atom. The van der Waals surface area contributed by atoms with E-state index in [0.29, 0.717) is 18.2 Å². The summed E-state index contributed by atoms with van der Waals surface area (Å²) in [5, 5.41) is 3.44. The maximum absolute atomic E-state index is 5.81. The lowest BCUT2D eigenvalue weighted by Crippen LogP contribution is -2.51. The van der Waals surface area contributed by atoms with E-state index in [2.05, 4.69) is 37.9 Å². The summed E-state index contributed by atoms with van der Waals surface area (Å²) in [6.07, 6.45) is 1.50. The molecule has 3 nitrogen and oxygen atoms in total. The van der Waals surface area contributed by atoms with Crippen molar-refractivity contribution in [2.45, 2.75) is 66.2 Å². The molecule has 1 saturated heterocycles. The van der Waals surface area contributed by atoms with Crippen molar-refractivity contribution in [2.75, 3.05) is 26.2 Å². The summed E-state index contributed by atoms with van der Waals surface area (Å²) in [4.78, 5) is 2.57. The Balaban J connectivity index is 0.00000121. The molecule has 0 aromatic carbocycles. The molecule has 104 valence electrons. The fourth-order valence-electron chi connectivity index (χ4n) is 2.28. The Bertz CT molecular complexity index is 174. The molecule has 1 heterocycles. The number of hydrogen-bond acceptors (Lipinski definition) is 3. The van der Waals surface area contributed by atoms with Gasteiger partial charge in [0, 0.05) is 31.8 Å². The summed E-state index contributed by atoms with van der Waals surface area (Å²) in [7, 11) is 0. The van der Waals surface area contributed by atoms with E-state index in [1.807, 2.05) is 13.8 Å². The molecule has 0 aromatic rings. The van der Waals surface area contributed by atoms with Crippen molar-refractivity contribution >= 4 is 0 Å². The Morgan fingerprint density at radius 2 is 2.00 bits per heavy atom. The Hall–Kier alpha value is -0.120. The van der Waals surface area contributed by atoms with Crippen molar-refractivity contribution in [1.82, 2.24) is 10.2 Å². The number of hydrogen-bond donors (Lipinski definition) is 1. The summed E-state index contributed by atoms with van der Waals surface area (Å²) in [5.74, 6) is 0. The number of rotatable bonds is 4. The molecular formula is C14H32N2O. The second-order valence-electron chi connectivity index (χ2n) is 4.64. The highest BCUT2D eigenvalue weighted by atomic mass is 16.5. The number of nitrogens with zero attached hydrogens (tertiary/aromatic N) is 1. The molecule has 3 heteroatoms. The highest BCUT2D eigenvalue weighted by molar-refractivity contribution is 4.83. The molecule has 0 aromatic heterocycles. The second kappa shape index (κ2) is 9.86. The molecule has 2 atom stereocenters. The third kappa shape index (κ3) is 5.84. The van der Waals surface area contributed by atoms with E-state index in [4.69, 9.17) is 4.74 Å². The number of likely N-dealkylation sites (N-methyl/N-ethyl adjacent to an activating group) is 1. The van der Waals surface area contributed by atoms with Gasteiger partial charge in [-0.3, -0.25) is 4.90 Å². The Labute approximate surface area is 108 Å². The summed E-state index contributed by atoms with van der Waals surface area (Å²) in [6.45, 7) is 17.1. The molecule has 1 N–H and O–H groups in total. The van der Waals surface area contributed by atoms with Crippen molar-refractivity contribution in [3.8, 4) is 0 Å². The maximum atomic E-state index is 5.81. The second-order valence-corrected chi connectivity index (χ2v) is 4.64. The Kier molecular flexibility index (Phi) is 9.79. The minimum atomic E-state index is 0.342. The van der Waals surface area contributed by atoms with Gasteiger partial charge >= 0.3 is 0 Å². The van der Waals surface area contributed by atoms with Gasteiger partial charge in [-0.1, -0.05) is 20.8 Å². The molecular weight excluding hydrogens is 212 g/mol. The van der Waals surface area contributed by atoms with Crippen molar-refractivity contribution in [1.29, 1.82) is 0 Å². The van der Waals surface area contributed by atoms with E-state index >= 15 is 0 Å². The van der Waals surface area contributed by atoms with Gasteiger partial charge in [-0.05, 0) is 33.7 Å². The first-order chi connectivity index (χ1) is 8.16. The van der Waals surface area contributed by atoms with Gasteiger partial charge in [-0.25, -0.2) is 0 Å².